The number of fused-ring (bicyclic) bond motifs is 1. The van der Waals surface area contributed by atoms with Crippen LogP contribution in [0.25, 0.3) is 16.9 Å². The minimum atomic E-state index is -0.351. The highest BCUT2D eigenvalue weighted by molar-refractivity contribution is 5.63. The molecule has 0 aliphatic carbocycles. The first-order valence-corrected chi connectivity index (χ1v) is 5.29. The number of nitrogens with zero attached hydrogens (tertiary/aromatic N) is 3. The summed E-state index contributed by atoms with van der Waals surface area (Å²) in [5.41, 5.74) is 3.38. The van der Waals surface area contributed by atoms with Gasteiger partial charge in [-0.05, 0) is 24.6 Å². The zero-order chi connectivity index (χ0) is 11.8. The normalized spacial score (nSPS) is 10.9. The molecule has 4 heteroatoms. The van der Waals surface area contributed by atoms with Gasteiger partial charge in [-0.15, -0.1) is 0 Å². The predicted octanol–water partition coefficient (Wildman–Crippen LogP) is 2.84. The van der Waals surface area contributed by atoms with Crippen molar-refractivity contribution >= 4 is 5.65 Å². The van der Waals surface area contributed by atoms with Crippen molar-refractivity contribution in [2.24, 2.45) is 0 Å². The quantitative estimate of drug-likeness (QED) is 0.640. The molecule has 84 valence electrons. The summed E-state index contributed by atoms with van der Waals surface area (Å²) in [4.78, 5) is 8.31. The molecule has 0 fully saturated rings. The summed E-state index contributed by atoms with van der Waals surface area (Å²) in [5, 5.41) is 0. The summed E-state index contributed by atoms with van der Waals surface area (Å²) in [6, 6.07) is 5.39. The highest BCUT2D eigenvalue weighted by Gasteiger charge is 2.06. The Morgan fingerprint density at radius 3 is 2.94 bits per heavy atom. The number of pyridine rings is 2. The van der Waals surface area contributed by atoms with Crippen LogP contribution in [0.5, 0.6) is 0 Å². The van der Waals surface area contributed by atoms with Crippen molar-refractivity contribution in [3.05, 3.63) is 54.4 Å². The van der Waals surface area contributed by atoms with Gasteiger partial charge in [0.15, 0.2) is 0 Å². The molecule has 0 aliphatic heterocycles. The molecule has 0 radical (unpaired) electrons. The minimum Gasteiger partial charge on any atom is -0.306 e. The van der Waals surface area contributed by atoms with E-state index in [9.17, 15) is 4.39 Å². The molecule has 0 bridgehead atoms. The number of imidazole rings is 1. The van der Waals surface area contributed by atoms with Gasteiger partial charge in [-0.3, -0.25) is 4.98 Å². The number of rotatable bonds is 1. The van der Waals surface area contributed by atoms with E-state index in [2.05, 4.69) is 9.97 Å². The van der Waals surface area contributed by atoms with Crippen molar-refractivity contribution in [1.82, 2.24) is 14.4 Å². The van der Waals surface area contributed by atoms with Gasteiger partial charge in [0.2, 0.25) is 0 Å². The zero-order valence-electron chi connectivity index (χ0n) is 9.26. The van der Waals surface area contributed by atoms with Crippen LogP contribution >= 0.6 is 0 Å². The van der Waals surface area contributed by atoms with Crippen molar-refractivity contribution in [3.63, 3.8) is 0 Å². The van der Waals surface area contributed by atoms with Crippen molar-refractivity contribution in [2.45, 2.75) is 6.92 Å². The Bertz CT molecular complexity index is 688. The third kappa shape index (κ3) is 1.67. The molecule has 0 spiro atoms. The molecule has 0 saturated heterocycles. The number of aromatic nitrogens is 3. The Balaban J connectivity index is 2.22. The highest BCUT2D eigenvalue weighted by atomic mass is 19.1. The first-order chi connectivity index (χ1) is 8.24. The molecule has 3 nitrogen and oxygen atoms in total. The Hall–Kier alpha value is -2.23. The van der Waals surface area contributed by atoms with Gasteiger partial charge in [-0.2, -0.15) is 0 Å². The Kier molecular flexibility index (Phi) is 2.14. The molecular formula is C13H10FN3. The van der Waals surface area contributed by atoms with Crippen LogP contribution < -0.4 is 0 Å². The number of halogens is 1. The van der Waals surface area contributed by atoms with Crippen molar-refractivity contribution in [3.8, 4) is 11.3 Å². The van der Waals surface area contributed by atoms with E-state index in [1.54, 1.807) is 6.20 Å². The summed E-state index contributed by atoms with van der Waals surface area (Å²) >= 11 is 0. The van der Waals surface area contributed by atoms with Gasteiger partial charge in [-0.25, -0.2) is 9.37 Å². The standard InChI is InChI=1S/C13H10FN3/c1-9-3-2-4-17-8-12(16-13(9)17)10-5-11(14)7-15-6-10/h2-8H,1H3. The number of hydrogen-bond donors (Lipinski definition) is 0. The van der Waals surface area contributed by atoms with Crippen LogP contribution in [-0.2, 0) is 0 Å². The SMILES string of the molecule is Cc1cccn2cc(-c3cncc(F)c3)nc12. The molecule has 0 aliphatic rings. The van der Waals surface area contributed by atoms with Gasteiger partial charge in [0.05, 0.1) is 11.9 Å². The summed E-state index contributed by atoms with van der Waals surface area (Å²) in [6.07, 6.45) is 6.59. The Morgan fingerprint density at radius 2 is 2.18 bits per heavy atom. The summed E-state index contributed by atoms with van der Waals surface area (Å²) in [7, 11) is 0. The van der Waals surface area contributed by atoms with Gasteiger partial charge in [-0.1, -0.05) is 6.07 Å². The van der Waals surface area contributed by atoms with Crippen molar-refractivity contribution in [1.29, 1.82) is 0 Å². The van der Waals surface area contributed by atoms with Gasteiger partial charge >= 0.3 is 0 Å². The summed E-state index contributed by atoms with van der Waals surface area (Å²) in [5.74, 6) is -0.351. The van der Waals surface area contributed by atoms with Crippen LogP contribution in [0.2, 0.25) is 0 Å². The molecule has 0 atom stereocenters. The summed E-state index contributed by atoms with van der Waals surface area (Å²) in [6.45, 7) is 2.00. The van der Waals surface area contributed by atoms with Crippen molar-refractivity contribution < 1.29 is 4.39 Å². The monoisotopic (exact) mass is 227 g/mol. The molecule has 3 rings (SSSR count). The van der Waals surface area contributed by atoms with Gasteiger partial charge < -0.3 is 4.40 Å². The Labute approximate surface area is 97.6 Å². The topological polar surface area (TPSA) is 30.2 Å². The highest BCUT2D eigenvalue weighted by Crippen LogP contribution is 2.20. The van der Waals surface area contributed by atoms with E-state index in [-0.39, 0.29) is 5.82 Å². The van der Waals surface area contributed by atoms with Crippen LogP contribution in [0.15, 0.2) is 43.0 Å². The van der Waals surface area contributed by atoms with Crippen LogP contribution in [0.3, 0.4) is 0 Å². The average Bonchev–Trinajstić information content (AvgIpc) is 2.74. The zero-order valence-corrected chi connectivity index (χ0v) is 9.26. The molecule has 3 heterocycles. The molecule has 3 aromatic rings. The fourth-order valence-corrected chi connectivity index (χ4v) is 1.84. The fraction of sp³-hybridized carbons (Fsp3) is 0.0769. The lowest BCUT2D eigenvalue weighted by atomic mass is 10.2. The van der Waals surface area contributed by atoms with Gasteiger partial charge in [0.1, 0.15) is 11.5 Å². The minimum absolute atomic E-state index is 0.351. The molecule has 0 N–H and O–H groups in total. The van der Waals surface area contributed by atoms with E-state index >= 15 is 0 Å². The maximum absolute atomic E-state index is 13.1. The smallest absolute Gasteiger partial charge is 0.142 e. The van der Waals surface area contributed by atoms with E-state index < -0.39 is 0 Å². The van der Waals surface area contributed by atoms with Crippen LogP contribution in [0.4, 0.5) is 4.39 Å². The second kappa shape index (κ2) is 3.66. The molecule has 17 heavy (non-hydrogen) atoms. The second-order valence-corrected chi connectivity index (χ2v) is 3.94. The van der Waals surface area contributed by atoms with E-state index in [0.717, 1.165) is 16.9 Å². The lowest BCUT2D eigenvalue weighted by Crippen LogP contribution is -1.84. The van der Waals surface area contributed by atoms with Gasteiger partial charge in [0, 0.05) is 24.2 Å². The molecule has 3 aromatic heterocycles. The Morgan fingerprint density at radius 1 is 1.29 bits per heavy atom. The van der Waals surface area contributed by atoms with E-state index in [1.165, 1.54) is 12.3 Å². The van der Waals surface area contributed by atoms with Crippen LogP contribution in [0, 0.1) is 12.7 Å². The number of aryl methyl sites for hydroxylation is 1. The first-order valence-electron chi connectivity index (χ1n) is 5.29. The van der Waals surface area contributed by atoms with Crippen molar-refractivity contribution in [2.75, 3.05) is 0 Å². The maximum atomic E-state index is 13.1. The summed E-state index contributed by atoms with van der Waals surface area (Å²) < 4.78 is 15.0. The van der Waals surface area contributed by atoms with E-state index in [4.69, 9.17) is 0 Å². The number of hydrogen-bond acceptors (Lipinski definition) is 2. The third-order valence-corrected chi connectivity index (χ3v) is 2.68. The molecule has 0 amide bonds. The largest absolute Gasteiger partial charge is 0.306 e. The molecule has 0 saturated carbocycles. The third-order valence-electron chi connectivity index (χ3n) is 2.68. The fourth-order valence-electron chi connectivity index (χ4n) is 1.84. The van der Waals surface area contributed by atoms with Crippen LogP contribution in [0.1, 0.15) is 5.56 Å². The first kappa shape index (κ1) is 9.96. The average molecular weight is 227 g/mol. The maximum Gasteiger partial charge on any atom is 0.142 e. The predicted molar refractivity (Wildman–Crippen MR) is 63.1 cm³/mol. The molecule has 0 aromatic carbocycles. The van der Waals surface area contributed by atoms with Gasteiger partial charge in [0.25, 0.3) is 0 Å². The van der Waals surface area contributed by atoms with E-state index in [1.807, 2.05) is 35.9 Å². The molecule has 0 unspecified atom stereocenters. The molecular weight excluding hydrogens is 217 g/mol. The van der Waals surface area contributed by atoms with Crippen LogP contribution in [-0.4, -0.2) is 14.4 Å². The lowest BCUT2D eigenvalue weighted by Gasteiger charge is -1.94. The second-order valence-electron chi connectivity index (χ2n) is 3.94. The lowest BCUT2D eigenvalue weighted by molar-refractivity contribution is 0.622. The van der Waals surface area contributed by atoms with E-state index in [0.29, 0.717) is 5.56 Å².